The van der Waals surface area contributed by atoms with Crippen LogP contribution in [0.15, 0.2) is 18.2 Å². The molecule has 0 bridgehead atoms. The number of amides is 4. The van der Waals surface area contributed by atoms with Crippen molar-refractivity contribution in [2.24, 2.45) is 5.92 Å². The van der Waals surface area contributed by atoms with E-state index in [1.54, 1.807) is 12.1 Å². The Kier molecular flexibility index (Phi) is 9.52. The maximum absolute atomic E-state index is 13.0. The van der Waals surface area contributed by atoms with E-state index < -0.39 is 17.6 Å². The zero-order valence-corrected chi connectivity index (χ0v) is 24.1. The molecule has 1 aromatic rings. The van der Waals surface area contributed by atoms with Crippen LogP contribution in [0.4, 0.5) is 4.79 Å². The summed E-state index contributed by atoms with van der Waals surface area (Å²) in [4.78, 5) is 53.1. The number of nitrogens with one attached hydrogen (secondary N) is 1. The fourth-order valence-corrected chi connectivity index (χ4v) is 5.59. The van der Waals surface area contributed by atoms with Crippen LogP contribution >= 0.6 is 0 Å². The van der Waals surface area contributed by atoms with Gasteiger partial charge in [0.25, 0.3) is 5.91 Å². The number of hydrogen-bond acceptors (Lipinski definition) is 6. The molecule has 0 aromatic heterocycles. The molecule has 0 spiro atoms. The Bertz CT molecular complexity index is 1190. The minimum absolute atomic E-state index is 0.202. The SMILES string of the molecule is CC1CCC(N(CCCOCC#Cc2cccc3c2CN(C2CCC(=O)NC2=O)C3=O)C(=O)OC(C)(C)C)CC1. The second kappa shape index (κ2) is 12.9. The highest BCUT2D eigenvalue weighted by atomic mass is 16.6. The van der Waals surface area contributed by atoms with Crippen LogP contribution in [0.5, 0.6) is 0 Å². The topological polar surface area (TPSA) is 105 Å². The van der Waals surface area contributed by atoms with E-state index >= 15 is 0 Å². The van der Waals surface area contributed by atoms with Crippen molar-refractivity contribution in [1.29, 1.82) is 0 Å². The molecule has 9 heteroatoms. The van der Waals surface area contributed by atoms with Gasteiger partial charge in [-0.05, 0) is 82.9 Å². The van der Waals surface area contributed by atoms with E-state index in [-0.39, 0.29) is 43.5 Å². The summed E-state index contributed by atoms with van der Waals surface area (Å²) in [5.74, 6) is 5.89. The van der Waals surface area contributed by atoms with Crippen molar-refractivity contribution < 1.29 is 28.7 Å². The van der Waals surface area contributed by atoms with Crippen molar-refractivity contribution in [2.75, 3.05) is 19.8 Å². The lowest BCUT2D eigenvalue weighted by Gasteiger charge is -2.37. The summed E-state index contributed by atoms with van der Waals surface area (Å²) in [7, 11) is 0. The Morgan fingerprint density at radius 3 is 2.58 bits per heavy atom. The zero-order valence-electron chi connectivity index (χ0n) is 24.1. The smallest absolute Gasteiger partial charge is 0.410 e. The Hall–Kier alpha value is -3.38. The Morgan fingerprint density at radius 1 is 1.12 bits per heavy atom. The molecule has 1 unspecified atom stereocenters. The van der Waals surface area contributed by atoms with Gasteiger partial charge in [0.15, 0.2) is 0 Å². The lowest BCUT2D eigenvalue weighted by Crippen LogP contribution is -2.52. The maximum Gasteiger partial charge on any atom is 0.410 e. The van der Waals surface area contributed by atoms with E-state index in [0.717, 1.165) is 36.8 Å². The summed E-state index contributed by atoms with van der Waals surface area (Å²) >= 11 is 0. The average molecular weight is 552 g/mol. The van der Waals surface area contributed by atoms with Crippen molar-refractivity contribution in [3.63, 3.8) is 0 Å². The second-order valence-electron chi connectivity index (χ2n) is 12.0. The van der Waals surface area contributed by atoms with E-state index in [1.807, 2.05) is 31.7 Å². The molecule has 9 nitrogen and oxygen atoms in total. The summed E-state index contributed by atoms with van der Waals surface area (Å²) in [6, 6.07) is 4.94. The van der Waals surface area contributed by atoms with Crippen LogP contribution < -0.4 is 5.32 Å². The van der Waals surface area contributed by atoms with Gasteiger partial charge in [-0.3, -0.25) is 19.7 Å². The number of ether oxygens (including phenoxy) is 2. The zero-order chi connectivity index (χ0) is 28.9. The molecule has 3 aliphatic rings. The van der Waals surface area contributed by atoms with Gasteiger partial charge in [-0.25, -0.2) is 4.79 Å². The van der Waals surface area contributed by atoms with Crippen LogP contribution in [0.2, 0.25) is 0 Å². The number of carbonyl (C=O) groups is 4. The lowest BCUT2D eigenvalue weighted by molar-refractivity contribution is -0.136. The summed E-state index contributed by atoms with van der Waals surface area (Å²) in [6.45, 7) is 9.47. The van der Waals surface area contributed by atoms with Gasteiger partial charge >= 0.3 is 6.09 Å². The van der Waals surface area contributed by atoms with Gasteiger partial charge in [-0.15, -0.1) is 0 Å². The van der Waals surface area contributed by atoms with E-state index in [0.29, 0.717) is 37.5 Å². The summed E-state index contributed by atoms with van der Waals surface area (Å²) < 4.78 is 11.4. The van der Waals surface area contributed by atoms with E-state index in [4.69, 9.17) is 9.47 Å². The Labute approximate surface area is 236 Å². The van der Waals surface area contributed by atoms with Gasteiger partial charge in [-0.1, -0.05) is 24.8 Å². The van der Waals surface area contributed by atoms with E-state index in [2.05, 4.69) is 24.1 Å². The van der Waals surface area contributed by atoms with Crippen LogP contribution in [0, 0.1) is 17.8 Å². The molecule has 1 saturated heterocycles. The third-order valence-electron chi connectivity index (χ3n) is 7.72. The number of carbonyl (C=O) groups excluding carboxylic acids is 4. The van der Waals surface area contributed by atoms with Crippen LogP contribution in [0.1, 0.15) is 94.1 Å². The molecule has 1 N–H and O–H groups in total. The molecule has 216 valence electrons. The highest BCUT2D eigenvalue weighted by Gasteiger charge is 2.39. The first-order chi connectivity index (χ1) is 19.0. The molecule has 1 saturated carbocycles. The van der Waals surface area contributed by atoms with Crippen molar-refractivity contribution in [3.05, 3.63) is 34.9 Å². The number of hydrogen-bond donors (Lipinski definition) is 1. The molecular formula is C31H41N3O6. The molecule has 2 fully saturated rings. The average Bonchev–Trinajstić information content (AvgIpc) is 3.22. The Morgan fingerprint density at radius 2 is 1.88 bits per heavy atom. The second-order valence-corrected chi connectivity index (χ2v) is 12.0. The molecule has 2 aliphatic heterocycles. The first-order valence-electron chi connectivity index (χ1n) is 14.4. The van der Waals surface area contributed by atoms with Crippen molar-refractivity contribution in [2.45, 2.75) is 96.9 Å². The predicted octanol–water partition coefficient (Wildman–Crippen LogP) is 4.02. The van der Waals surface area contributed by atoms with Crippen LogP contribution in [0.25, 0.3) is 0 Å². The normalized spacial score (nSPS) is 22.8. The maximum atomic E-state index is 13.0. The van der Waals surface area contributed by atoms with Gasteiger partial charge in [0.2, 0.25) is 11.8 Å². The molecule has 0 radical (unpaired) electrons. The summed E-state index contributed by atoms with van der Waals surface area (Å²) in [5.41, 5.74) is 1.52. The number of rotatable bonds is 7. The van der Waals surface area contributed by atoms with Gasteiger partial charge < -0.3 is 19.3 Å². The van der Waals surface area contributed by atoms with Gasteiger partial charge in [-0.2, -0.15) is 0 Å². The first-order valence-corrected chi connectivity index (χ1v) is 14.4. The number of imide groups is 1. The summed E-state index contributed by atoms with van der Waals surface area (Å²) in [5, 5.41) is 2.32. The van der Waals surface area contributed by atoms with Crippen LogP contribution in [0.3, 0.4) is 0 Å². The predicted molar refractivity (Wildman–Crippen MR) is 149 cm³/mol. The van der Waals surface area contributed by atoms with Gasteiger partial charge in [0.05, 0.1) is 0 Å². The quantitative estimate of drug-likeness (QED) is 0.312. The fourth-order valence-electron chi connectivity index (χ4n) is 5.59. The fraction of sp³-hybridized carbons (Fsp3) is 0.613. The molecule has 4 rings (SSSR count). The Balaban J connectivity index is 1.28. The highest BCUT2D eigenvalue weighted by Crippen LogP contribution is 2.30. The van der Waals surface area contributed by atoms with Gasteiger partial charge in [0.1, 0.15) is 18.2 Å². The molecule has 1 aliphatic carbocycles. The highest BCUT2D eigenvalue weighted by molar-refractivity contribution is 6.05. The molecule has 1 aromatic carbocycles. The van der Waals surface area contributed by atoms with E-state index in [9.17, 15) is 19.2 Å². The van der Waals surface area contributed by atoms with E-state index in [1.165, 1.54) is 4.90 Å². The number of piperidine rings is 1. The monoisotopic (exact) mass is 551 g/mol. The first kappa shape index (κ1) is 29.6. The summed E-state index contributed by atoms with van der Waals surface area (Å²) in [6.07, 6.45) is 5.20. The lowest BCUT2D eigenvalue weighted by atomic mass is 9.86. The van der Waals surface area contributed by atoms with Crippen LogP contribution in [-0.2, 0) is 25.6 Å². The molecule has 2 heterocycles. The van der Waals surface area contributed by atoms with Crippen LogP contribution in [-0.4, -0.2) is 71.1 Å². The third-order valence-corrected chi connectivity index (χ3v) is 7.72. The van der Waals surface area contributed by atoms with Gasteiger partial charge in [0, 0.05) is 43.3 Å². The molecular weight excluding hydrogens is 510 g/mol. The number of nitrogens with zero attached hydrogens (tertiary/aromatic N) is 2. The van der Waals surface area contributed by atoms with Crippen molar-refractivity contribution in [3.8, 4) is 11.8 Å². The van der Waals surface area contributed by atoms with Crippen molar-refractivity contribution >= 4 is 23.8 Å². The third kappa shape index (κ3) is 7.42. The molecule has 40 heavy (non-hydrogen) atoms. The molecule has 4 amide bonds. The largest absolute Gasteiger partial charge is 0.444 e. The minimum atomic E-state index is -0.654. The standard InChI is InChI=1S/C31H41N3O6/c1-21-11-13-23(14-12-21)33(30(38)40-31(2,3)4)17-7-19-39-18-6-9-22-8-5-10-24-25(22)20-34(29(24)37)26-15-16-27(35)32-28(26)36/h5,8,10,21,23,26H,7,11-20H2,1-4H3,(H,32,35,36). The van der Waals surface area contributed by atoms with Crippen molar-refractivity contribution in [1.82, 2.24) is 15.1 Å². The number of benzene rings is 1. The minimum Gasteiger partial charge on any atom is -0.444 e. The number of fused-ring (bicyclic) bond motifs is 1. The molecule has 1 atom stereocenters.